The maximum atomic E-state index is 10.8. The van der Waals surface area contributed by atoms with E-state index in [-0.39, 0.29) is 5.92 Å². The molecule has 0 aliphatic carbocycles. The van der Waals surface area contributed by atoms with Crippen LogP contribution in [0.4, 0.5) is 0 Å². The number of fused-ring (bicyclic) bond motifs is 1. The number of hydrogen-bond acceptors (Lipinski definition) is 3. The molecule has 0 spiro atoms. The van der Waals surface area contributed by atoms with E-state index in [0.29, 0.717) is 13.2 Å². The summed E-state index contributed by atoms with van der Waals surface area (Å²) in [5, 5.41) is 11.2. The van der Waals surface area contributed by atoms with Crippen LogP contribution in [0.15, 0.2) is 42.5 Å². The number of carbonyl (C=O) groups is 1. The largest absolute Gasteiger partial charge is 0.493 e. The van der Waals surface area contributed by atoms with Gasteiger partial charge in [-0.25, -0.2) is 0 Å². The molecule has 4 nitrogen and oxygen atoms in total. The van der Waals surface area contributed by atoms with Crippen LogP contribution in [0.2, 0.25) is 0 Å². The van der Waals surface area contributed by atoms with Gasteiger partial charge in [-0.15, -0.1) is 0 Å². The van der Waals surface area contributed by atoms with Crippen molar-refractivity contribution in [1.29, 1.82) is 0 Å². The van der Waals surface area contributed by atoms with Gasteiger partial charge < -0.3 is 14.7 Å². The quantitative estimate of drug-likeness (QED) is 0.760. The van der Waals surface area contributed by atoms with E-state index in [1.165, 1.54) is 5.39 Å². The van der Waals surface area contributed by atoms with Crippen molar-refractivity contribution in [2.45, 2.75) is 13.3 Å². The topological polar surface area (TPSA) is 49.8 Å². The number of nitrogens with zero attached hydrogens (tertiary/aromatic N) is 1. The molecule has 0 aliphatic heterocycles. The first-order valence-electron chi connectivity index (χ1n) is 7.60. The van der Waals surface area contributed by atoms with Gasteiger partial charge in [0.15, 0.2) is 0 Å². The molecule has 22 heavy (non-hydrogen) atoms. The van der Waals surface area contributed by atoms with Crippen LogP contribution in [0.1, 0.15) is 13.3 Å². The first kappa shape index (κ1) is 16.3. The summed E-state index contributed by atoms with van der Waals surface area (Å²) in [5.74, 6) is -0.192. The Morgan fingerprint density at radius 2 is 1.95 bits per heavy atom. The van der Waals surface area contributed by atoms with Crippen molar-refractivity contribution in [3.8, 4) is 5.75 Å². The molecule has 0 aromatic heterocycles. The van der Waals surface area contributed by atoms with E-state index in [9.17, 15) is 4.79 Å². The minimum absolute atomic E-state index is 0.344. The van der Waals surface area contributed by atoms with Crippen molar-refractivity contribution < 1.29 is 14.6 Å². The molecule has 2 rings (SSSR count). The van der Waals surface area contributed by atoms with Gasteiger partial charge in [-0.05, 0) is 24.9 Å². The smallest absolute Gasteiger partial charge is 0.307 e. The van der Waals surface area contributed by atoms with E-state index in [2.05, 4.69) is 18.2 Å². The van der Waals surface area contributed by atoms with Crippen LogP contribution >= 0.6 is 0 Å². The second kappa shape index (κ2) is 7.80. The highest BCUT2D eigenvalue weighted by Crippen LogP contribution is 2.25. The Labute approximate surface area is 131 Å². The van der Waals surface area contributed by atoms with Crippen LogP contribution in [-0.4, -0.2) is 42.7 Å². The van der Waals surface area contributed by atoms with Gasteiger partial charge in [0, 0.05) is 18.5 Å². The summed E-state index contributed by atoms with van der Waals surface area (Å²) >= 11 is 0. The molecule has 2 aromatic carbocycles. The molecular weight excluding hydrogens is 278 g/mol. The van der Waals surface area contributed by atoms with Gasteiger partial charge in [-0.3, -0.25) is 4.79 Å². The molecule has 0 heterocycles. The number of carboxylic acid groups (broad SMARTS) is 1. The number of aliphatic carboxylic acids is 1. The Kier molecular flexibility index (Phi) is 5.78. The SMILES string of the molecule is CC(CN(C)CCCOc1cccc2ccccc12)C(=O)O. The number of benzene rings is 2. The van der Waals surface area contributed by atoms with E-state index in [1.54, 1.807) is 6.92 Å². The zero-order chi connectivity index (χ0) is 15.9. The first-order valence-corrected chi connectivity index (χ1v) is 7.60. The summed E-state index contributed by atoms with van der Waals surface area (Å²) in [6.45, 7) is 3.73. The summed E-state index contributed by atoms with van der Waals surface area (Å²) in [6.07, 6.45) is 0.867. The molecule has 0 saturated heterocycles. The van der Waals surface area contributed by atoms with Crippen molar-refractivity contribution in [3.05, 3.63) is 42.5 Å². The van der Waals surface area contributed by atoms with E-state index in [4.69, 9.17) is 9.84 Å². The Balaban J connectivity index is 1.80. The van der Waals surface area contributed by atoms with Gasteiger partial charge in [-0.1, -0.05) is 43.3 Å². The Bertz CT molecular complexity index is 621. The fourth-order valence-electron chi connectivity index (χ4n) is 2.48. The number of carboxylic acids is 1. The molecule has 1 N–H and O–H groups in total. The molecule has 2 aromatic rings. The van der Waals surface area contributed by atoms with Gasteiger partial charge in [0.2, 0.25) is 0 Å². The Morgan fingerprint density at radius 3 is 2.73 bits per heavy atom. The third kappa shape index (κ3) is 4.46. The number of ether oxygens (including phenoxy) is 1. The summed E-state index contributed by atoms with van der Waals surface area (Å²) in [6, 6.07) is 14.2. The van der Waals surface area contributed by atoms with Crippen LogP contribution in [0, 0.1) is 5.92 Å². The highest BCUT2D eigenvalue weighted by molar-refractivity contribution is 5.88. The maximum Gasteiger partial charge on any atom is 0.307 e. The average molecular weight is 301 g/mol. The Hall–Kier alpha value is -2.07. The minimum atomic E-state index is -0.751. The molecule has 118 valence electrons. The zero-order valence-corrected chi connectivity index (χ0v) is 13.2. The minimum Gasteiger partial charge on any atom is -0.493 e. The van der Waals surface area contributed by atoms with E-state index >= 15 is 0 Å². The summed E-state index contributed by atoms with van der Waals surface area (Å²) in [5.41, 5.74) is 0. The summed E-state index contributed by atoms with van der Waals surface area (Å²) in [7, 11) is 1.94. The molecule has 0 amide bonds. The second-order valence-electron chi connectivity index (χ2n) is 5.68. The molecule has 0 aliphatic rings. The lowest BCUT2D eigenvalue weighted by molar-refractivity contribution is -0.141. The van der Waals surface area contributed by atoms with Crippen molar-refractivity contribution >= 4 is 16.7 Å². The van der Waals surface area contributed by atoms with Crippen LogP contribution in [0.5, 0.6) is 5.75 Å². The summed E-state index contributed by atoms with van der Waals surface area (Å²) in [4.78, 5) is 12.9. The van der Waals surface area contributed by atoms with E-state index in [1.807, 2.05) is 36.2 Å². The normalized spacial score (nSPS) is 12.5. The van der Waals surface area contributed by atoms with Gasteiger partial charge in [0.25, 0.3) is 0 Å². The lowest BCUT2D eigenvalue weighted by Crippen LogP contribution is -2.30. The monoisotopic (exact) mass is 301 g/mol. The van der Waals surface area contributed by atoms with Gasteiger partial charge in [0.1, 0.15) is 5.75 Å². The lowest BCUT2D eigenvalue weighted by atomic mass is 10.1. The molecule has 0 saturated carbocycles. The van der Waals surface area contributed by atoms with Crippen LogP contribution < -0.4 is 4.74 Å². The predicted octanol–water partition coefficient (Wildman–Crippen LogP) is 3.26. The molecule has 0 fully saturated rings. The van der Waals surface area contributed by atoms with E-state index in [0.717, 1.165) is 24.1 Å². The fourth-order valence-corrected chi connectivity index (χ4v) is 2.48. The van der Waals surface area contributed by atoms with Gasteiger partial charge in [-0.2, -0.15) is 0 Å². The van der Waals surface area contributed by atoms with Crippen LogP contribution in [0.25, 0.3) is 10.8 Å². The predicted molar refractivity (Wildman–Crippen MR) is 88.4 cm³/mol. The molecule has 1 unspecified atom stereocenters. The van der Waals surface area contributed by atoms with Crippen LogP contribution in [-0.2, 0) is 4.79 Å². The standard InChI is InChI=1S/C18H23NO3/c1-14(18(20)21)13-19(2)11-6-12-22-17-10-5-8-15-7-3-4-9-16(15)17/h3-5,7-10,14H,6,11-13H2,1-2H3,(H,20,21). The average Bonchev–Trinajstić information content (AvgIpc) is 2.51. The number of hydrogen-bond donors (Lipinski definition) is 1. The third-order valence-corrected chi connectivity index (χ3v) is 3.70. The molecule has 0 radical (unpaired) electrons. The highest BCUT2D eigenvalue weighted by Gasteiger charge is 2.13. The first-order chi connectivity index (χ1) is 10.6. The molecule has 1 atom stereocenters. The zero-order valence-electron chi connectivity index (χ0n) is 13.2. The number of rotatable bonds is 8. The molecule has 0 bridgehead atoms. The highest BCUT2D eigenvalue weighted by atomic mass is 16.5. The Morgan fingerprint density at radius 1 is 1.23 bits per heavy atom. The molecular formula is C18H23NO3. The van der Waals surface area contributed by atoms with Gasteiger partial charge >= 0.3 is 5.97 Å². The lowest BCUT2D eigenvalue weighted by Gasteiger charge is -2.19. The van der Waals surface area contributed by atoms with E-state index < -0.39 is 5.97 Å². The maximum absolute atomic E-state index is 10.8. The molecule has 4 heteroatoms. The third-order valence-electron chi connectivity index (χ3n) is 3.70. The van der Waals surface area contributed by atoms with Crippen molar-refractivity contribution in [2.24, 2.45) is 5.92 Å². The summed E-state index contributed by atoms with van der Waals surface area (Å²) < 4.78 is 5.88. The van der Waals surface area contributed by atoms with Crippen molar-refractivity contribution in [3.63, 3.8) is 0 Å². The van der Waals surface area contributed by atoms with Crippen molar-refractivity contribution in [2.75, 3.05) is 26.7 Å². The van der Waals surface area contributed by atoms with Gasteiger partial charge in [0.05, 0.1) is 12.5 Å². The van der Waals surface area contributed by atoms with Crippen LogP contribution in [0.3, 0.4) is 0 Å². The fraction of sp³-hybridized carbons (Fsp3) is 0.389. The van der Waals surface area contributed by atoms with Crippen molar-refractivity contribution in [1.82, 2.24) is 4.90 Å². The second-order valence-corrected chi connectivity index (χ2v) is 5.68.